The lowest BCUT2D eigenvalue weighted by Crippen LogP contribution is -2.30. The van der Waals surface area contributed by atoms with Crippen molar-refractivity contribution in [3.63, 3.8) is 0 Å². The minimum Gasteiger partial charge on any atom is -0.508 e. The van der Waals surface area contributed by atoms with Gasteiger partial charge in [0, 0.05) is 6.04 Å². The number of rotatable bonds is 4. The Labute approximate surface area is 91.3 Å². The molecule has 0 heterocycles. The first-order valence-corrected chi connectivity index (χ1v) is 5.66. The van der Waals surface area contributed by atoms with Crippen molar-refractivity contribution in [3.8, 4) is 5.75 Å². The van der Waals surface area contributed by atoms with Crippen LogP contribution in [0.15, 0.2) is 24.3 Å². The normalized spacial score (nSPS) is 26.3. The fourth-order valence-electron chi connectivity index (χ4n) is 2.32. The Hall–Kier alpha value is -1.02. The summed E-state index contributed by atoms with van der Waals surface area (Å²) in [5.41, 5.74) is 1.22. The van der Waals surface area contributed by atoms with Crippen LogP contribution in [0.25, 0.3) is 0 Å². The lowest BCUT2D eigenvalue weighted by atomic mass is 10.0. The molecular weight excluding hydrogens is 186 g/mol. The summed E-state index contributed by atoms with van der Waals surface area (Å²) < 4.78 is 0. The van der Waals surface area contributed by atoms with E-state index >= 15 is 0 Å². The van der Waals surface area contributed by atoms with E-state index in [1.54, 1.807) is 6.07 Å². The molecule has 1 aromatic carbocycles. The van der Waals surface area contributed by atoms with Crippen molar-refractivity contribution in [2.75, 3.05) is 7.05 Å². The van der Waals surface area contributed by atoms with Crippen molar-refractivity contribution in [1.29, 1.82) is 0 Å². The van der Waals surface area contributed by atoms with Crippen LogP contribution < -0.4 is 5.32 Å². The van der Waals surface area contributed by atoms with E-state index in [4.69, 9.17) is 0 Å². The highest BCUT2D eigenvalue weighted by molar-refractivity contribution is 5.28. The topological polar surface area (TPSA) is 32.3 Å². The number of phenolic OH excluding ortho intramolecular Hbond substituents is 1. The van der Waals surface area contributed by atoms with Crippen LogP contribution in [0, 0.1) is 11.8 Å². The Balaban J connectivity index is 2.00. The molecule has 1 aliphatic carbocycles. The number of likely N-dealkylation sites (N-methyl/N-ethyl adjacent to an activating group) is 1. The average molecular weight is 205 g/mol. The van der Waals surface area contributed by atoms with E-state index in [1.165, 1.54) is 12.0 Å². The van der Waals surface area contributed by atoms with Crippen molar-refractivity contribution in [3.05, 3.63) is 29.8 Å². The standard InChI is InChI=1S/C13H19NO/c1-9-6-12(9)13(14-2)8-10-4-3-5-11(15)7-10/h3-5,7,9,12-15H,6,8H2,1-2H3. The quantitative estimate of drug-likeness (QED) is 0.789. The third kappa shape index (κ3) is 2.51. The Morgan fingerprint density at radius 3 is 2.80 bits per heavy atom. The Morgan fingerprint density at radius 1 is 1.53 bits per heavy atom. The maximum absolute atomic E-state index is 9.38. The van der Waals surface area contributed by atoms with Crippen molar-refractivity contribution in [2.24, 2.45) is 11.8 Å². The SMILES string of the molecule is CNC(Cc1cccc(O)c1)C1CC1C. The van der Waals surface area contributed by atoms with Gasteiger partial charge in [-0.25, -0.2) is 0 Å². The van der Waals surface area contributed by atoms with Gasteiger partial charge in [-0.05, 0) is 49.4 Å². The number of benzene rings is 1. The molecule has 2 N–H and O–H groups in total. The molecule has 1 aliphatic rings. The molecule has 3 unspecified atom stereocenters. The van der Waals surface area contributed by atoms with Crippen LogP contribution in [0.2, 0.25) is 0 Å². The first kappa shape index (κ1) is 10.5. The third-order valence-electron chi connectivity index (χ3n) is 3.43. The van der Waals surface area contributed by atoms with E-state index in [0.29, 0.717) is 11.8 Å². The summed E-state index contributed by atoms with van der Waals surface area (Å²) in [5, 5.41) is 12.8. The van der Waals surface area contributed by atoms with Gasteiger partial charge < -0.3 is 10.4 Å². The third-order valence-corrected chi connectivity index (χ3v) is 3.43. The van der Waals surface area contributed by atoms with Crippen LogP contribution in [0.5, 0.6) is 5.75 Å². The lowest BCUT2D eigenvalue weighted by molar-refractivity contribution is 0.466. The summed E-state index contributed by atoms with van der Waals surface area (Å²) in [5.74, 6) is 2.04. The van der Waals surface area contributed by atoms with Crippen LogP contribution in [0.4, 0.5) is 0 Å². The molecule has 0 aromatic heterocycles. The molecule has 82 valence electrons. The molecule has 1 aromatic rings. The van der Waals surface area contributed by atoms with Gasteiger partial charge in [-0.1, -0.05) is 19.1 Å². The van der Waals surface area contributed by atoms with Crippen molar-refractivity contribution < 1.29 is 5.11 Å². The summed E-state index contributed by atoms with van der Waals surface area (Å²) in [4.78, 5) is 0. The van der Waals surface area contributed by atoms with E-state index in [0.717, 1.165) is 18.3 Å². The molecule has 15 heavy (non-hydrogen) atoms. The van der Waals surface area contributed by atoms with Crippen LogP contribution in [0.1, 0.15) is 18.9 Å². The van der Waals surface area contributed by atoms with E-state index in [9.17, 15) is 5.11 Å². The van der Waals surface area contributed by atoms with Gasteiger partial charge in [0.05, 0.1) is 0 Å². The van der Waals surface area contributed by atoms with E-state index < -0.39 is 0 Å². The van der Waals surface area contributed by atoms with Gasteiger partial charge in [-0.2, -0.15) is 0 Å². The molecule has 0 radical (unpaired) electrons. The molecule has 2 nitrogen and oxygen atoms in total. The minimum atomic E-state index is 0.367. The molecular formula is C13H19NO. The monoisotopic (exact) mass is 205 g/mol. The molecule has 0 saturated heterocycles. The molecule has 2 rings (SSSR count). The molecule has 0 amide bonds. The number of aromatic hydroxyl groups is 1. The summed E-state index contributed by atoms with van der Waals surface area (Å²) in [6.45, 7) is 2.30. The van der Waals surface area contributed by atoms with Crippen molar-refractivity contribution in [1.82, 2.24) is 5.32 Å². The molecule has 0 spiro atoms. The zero-order valence-corrected chi connectivity index (χ0v) is 9.40. The largest absolute Gasteiger partial charge is 0.508 e. The summed E-state index contributed by atoms with van der Waals surface area (Å²) in [6.07, 6.45) is 2.35. The number of nitrogens with one attached hydrogen (secondary N) is 1. The second-order valence-electron chi connectivity index (χ2n) is 4.65. The Bertz CT molecular complexity index is 337. The van der Waals surface area contributed by atoms with E-state index in [2.05, 4.69) is 18.3 Å². The highest BCUT2D eigenvalue weighted by atomic mass is 16.3. The maximum atomic E-state index is 9.38. The fraction of sp³-hybridized carbons (Fsp3) is 0.538. The molecule has 2 heteroatoms. The van der Waals surface area contributed by atoms with Crippen molar-refractivity contribution in [2.45, 2.75) is 25.8 Å². The highest BCUT2D eigenvalue weighted by Crippen LogP contribution is 2.41. The number of hydrogen-bond acceptors (Lipinski definition) is 2. The fourth-order valence-corrected chi connectivity index (χ4v) is 2.32. The van der Waals surface area contributed by atoms with E-state index in [1.807, 2.05) is 19.2 Å². The smallest absolute Gasteiger partial charge is 0.115 e. The predicted octanol–water partition coefficient (Wildman–Crippen LogP) is 2.18. The summed E-state index contributed by atoms with van der Waals surface area (Å²) in [6, 6.07) is 8.13. The Kier molecular flexibility index (Phi) is 2.96. The lowest BCUT2D eigenvalue weighted by Gasteiger charge is -2.15. The second kappa shape index (κ2) is 4.23. The first-order valence-electron chi connectivity index (χ1n) is 5.66. The number of phenols is 1. The summed E-state index contributed by atoms with van der Waals surface area (Å²) >= 11 is 0. The molecule has 1 fully saturated rings. The second-order valence-corrected chi connectivity index (χ2v) is 4.65. The van der Waals surface area contributed by atoms with Gasteiger partial charge in [-0.3, -0.25) is 0 Å². The highest BCUT2D eigenvalue weighted by Gasteiger charge is 2.38. The number of hydrogen-bond donors (Lipinski definition) is 2. The average Bonchev–Trinajstić information content (AvgIpc) is 2.92. The molecule has 0 bridgehead atoms. The van der Waals surface area contributed by atoms with Gasteiger partial charge in [0.2, 0.25) is 0 Å². The van der Waals surface area contributed by atoms with Crippen LogP contribution in [0.3, 0.4) is 0 Å². The molecule has 1 saturated carbocycles. The predicted molar refractivity (Wildman–Crippen MR) is 61.9 cm³/mol. The minimum absolute atomic E-state index is 0.367. The van der Waals surface area contributed by atoms with Gasteiger partial charge in [0.25, 0.3) is 0 Å². The van der Waals surface area contributed by atoms with Gasteiger partial charge in [-0.15, -0.1) is 0 Å². The maximum Gasteiger partial charge on any atom is 0.115 e. The van der Waals surface area contributed by atoms with Crippen molar-refractivity contribution >= 4 is 0 Å². The van der Waals surface area contributed by atoms with Gasteiger partial charge >= 0.3 is 0 Å². The van der Waals surface area contributed by atoms with Crippen LogP contribution in [-0.2, 0) is 6.42 Å². The zero-order valence-electron chi connectivity index (χ0n) is 9.40. The molecule has 3 atom stereocenters. The van der Waals surface area contributed by atoms with Gasteiger partial charge in [0.1, 0.15) is 5.75 Å². The summed E-state index contributed by atoms with van der Waals surface area (Å²) in [7, 11) is 2.03. The van der Waals surface area contributed by atoms with Crippen LogP contribution >= 0.6 is 0 Å². The molecule has 0 aliphatic heterocycles. The van der Waals surface area contributed by atoms with Crippen LogP contribution in [-0.4, -0.2) is 18.2 Å². The Morgan fingerprint density at radius 2 is 2.27 bits per heavy atom. The van der Waals surface area contributed by atoms with Gasteiger partial charge in [0.15, 0.2) is 0 Å². The van der Waals surface area contributed by atoms with E-state index in [-0.39, 0.29) is 0 Å². The zero-order chi connectivity index (χ0) is 10.8. The first-order chi connectivity index (χ1) is 7.20.